The summed E-state index contributed by atoms with van der Waals surface area (Å²) in [6.45, 7) is 2.83. The summed E-state index contributed by atoms with van der Waals surface area (Å²) in [5.41, 5.74) is 1.38. The molecular weight excluding hydrogens is 710 g/mol. The molecule has 2 aromatic carbocycles. The number of aryl methyl sites for hydroxylation is 1. The summed E-state index contributed by atoms with van der Waals surface area (Å²) < 4.78 is 92.8. The minimum Gasteiger partial charge on any atom is -0.405 e. The second kappa shape index (κ2) is 14.4. The maximum atomic E-state index is 15.8. The monoisotopic (exact) mass is 748 g/mol. The maximum Gasteiger partial charge on any atom is 0.573 e. The lowest BCUT2D eigenvalue weighted by atomic mass is 9.96. The van der Waals surface area contributed by atoms with E-state index in [1.807, 2.05) is 0 Å². The highest BCUT2D eigenvalue weighted by Crippen LogP contribution is 2.37. The van der Waals surface area contributed by atoms with Crippen molar-refractivity contribution in [3.63, 3.8) is 0 Å². The molecule has 3 amide bonds. The molecule has 3 aliphatic heterocycles. The number of rotatable bonds is 7. The number of aromatic nitrogens is 1. The largest absolute Gasteiger partial charge is 0.573 e. The first-order valence-corrected chi connectivity index (χ1v) is 17.0. The fourth-order valence-electron chi connectivity index (χ4n) is 7.22. The third-order valence-corrected chi connectivity index (χ3v) is 10.2. The van der Waals surface area contributed by atoms with Crippen LogP contribution < -0.4 is 25.8 Å². The minimum atomic E-state index is -5.18. The molecule has 0 aliphatic carbocycles. The molecule has 6 rings (SSSR count). The van der Waals surface area contributed by atoms with Crippen LogP contribution in [0.25, 0.3) is 11.1 Å². The number of anilines is 2. The Morgan fingerprint density at radius 3 is 2.32 bits per heavy atom. The molecule has 3 aliphatic rings. The van der Waals surface area contributed by atoms with Crippen LogP contribution in [-0.2, 0) is 16.6 Å². The number of amides is 3. The van der Waals surface area contributed by atoms with Crippen molar-refractivity contribution in [2.75, 3.05) is 49.5 Å². The predicted octanol–water partition coefficient (Wildman–Crippen LogP) is 4.60. The van der Waals surface area contributed by atoms with Crippen LogP contribution in [0.3, 0.4) is 0 Å². The van der Waals surface area contributed by atoms with Crippen LogP contribution in [0.4, 0.5) is 37.7 Å². The molecule has 11 nitrogen and oxygen atoms in total. The number of piperidine rings is 2. The Labute approximate surface area is 300 Å². The molecule has 1 aromatic heterocycles. The molecule has 284 valence electrons. The minimum absolute atomic E-state index is 0.151. The normalized spacial score (nSPS) is 21.0. The SMILES string of the molecule is Cc1c(-c2ccc(C(=O)N3CC[C@H](N4CCN(c5ccc(NC6CCC(=O)NC6=O)cc5F)CC4)C(F)(F)C3)c(OC(F)(F)F)c2)cn(C)c(=O)c1C. The molecule has 0 saturated carbocycles. The number of hydrogen-bond donors (Lipinski definition) is 2. The molecule has 53 heavy (non-hydrogen) atoms. The van der Waals surface area contributed by atoms with Crippen LogP contribution in [0.1, 0.15) is 40.7 Å². The standard InChI is InChI=1S/C36H38F6N6O5/c1-20-21(2)33(51)45(3)18-25(20)22-4-6-24(29(16-22)53-36(40,41)42)34(52)48-11-10-30(35(38,39)19-48)47-14-12-46(13-15-47)28-8-5-23(17-26(28)37)43-27-7-9-31(49)44-32(27)50/h4-6,8,16-18,27,30,43H,7,9-15,19H2,1-3H3,(H,44,49,50)/t27?,30-/m0/s1. The van der Waals surface area contributed by atoms with Crippen molar-refractivity contribution in [1.82, 2.24) is 19.7 Å². The van der Waals surface area contributed by atoms with Gasteiger partial charge in [0.2, 0.25) is 11.8 Å². The van der Waals surface area contributed by atoms with Crippen LogP contribution in [0, 0.1) is 19.7 Å². The second-order valence-corrected chi connectivity index (χ2v) is 13.6. The van der Waals surface area contributed by atoms with Crippen LogP contribution >= 0.6 is 0 Å². The van der Waals surface area contributed by atoms with Gasteiger partial charge in [-0.3, -0.25) is 29.4 Å². The number of nitrogens with one attached hydrogen (secondary N) is 2. The molecule has 3 aromatic rings. The first-order valence-electron chi connectivity index (χ1n) is 17.0. The van der Waals surface area contributed by atoms with Crippen molar-refractivity contribution < 1.29 is 45.5 Å². The topological polar surface area (TPSA) is 116 Å². The third-order valence-electron chi connectivity index (χ3n) is 10.2. The predicted molar refractivity (Wildman–Crippen MR) is 183 cm³/mol. The molecule has 2 atom stereocenters. The summed E-state index contributed by atoms with van der Waals surface area (Å²) >= 11 is 0. The first kappa shape index (κ1) is 37.7. The zero-order chi connectivity index (χ0) is 38.4. The summed E-state index contributed by atoms with van der Waals surface area (Å²) in [6.07, 6.45) is -3.45. The van der Waals surface area contributed by atoms with Crippen molar-refractivity contribution in [2.24, 2.45) is 7.05 Å². The van der Waals surface area contributed by atoms with E-state index in [9.17, 15) is 32.3 Å². The van der Waals surface area contributed by atoms with Gasteiger partial charge in [0.1, 0.15) is 17.6 Å². The van der Waals surface area contributed by atoms with Crippen LogP contribution in [-0.4, -0.2) is 95.7 Å². The number of carbonyl (C=O) groups excluding carboxylic acids is 3. The Balaban J connectivity index is 1.11. The van der Waals surface area contributed by atoms with E-state index in [1.54, 1.807) is 29.7 Å². The fraction of sp³-hybridized carbons (Fsp3) is 0.444. The quantitative estimate of drug-likeness (QED) is 0.267. The molecule has 4 heterocycles. The lowest BCUT2D eigenvalue weighted by molar-refractivity contribution is -0.274. The highest BCUT2D eigenvalue weighted by Gasteiger charge is 2.49. The van der Waals surface area contributed by atoms with E-state index in [0.29, 0.717) is 22.4 Å². The lowest BCUT2D eigenvalue weighted by Gasteiger charge is -2.46. The van der Waals surface area contributed by atoms with Gasteiger partial charge in [0.15, 0.2) is 0 Å². The number of imide groups is 1. The highest BCUT2D eigenvalue weighted by molar-refractivity contribution is 6.01. The number of hydrogen-bond acceptors (Lipinski definition) is 8. The molecule has 1 unspecified atom stereocenters. The number of ether oxygens (including phenoxy) is 1. The third kappa shape index (κ3) is 7.99. The van der Waals surface area contributed by atoms with Crippen molar-refractivity contribution in [3.8, 4) is 16.9 Å². The average Bonchev–Trinajstić information content (AvgIpc) is 3.09. The van der Waals surface area contributed by atoms with Gasteiger partial charge in [0, 0.05) is 69.2 Å². The number of alkyl halides is 5. The number of likely N-dealkylation sites (tertiary alicyclic amines) is 1. The van der Waals surface area contributed by atoms with Gasteiger partial charge >= 0.3 is 6.36 Å². The summed E-state index contributed by atoms with van der Waals surface area (Å²) in [4.78, 5) is 53.5. The van der Waals surface area contributed by atoms with Crippen LogP contribution in [0.15, 0.2) is 47.4 Å². The van der Waals surface area contributed by atoms with Gasteiger partial charge in [0.05, 0.1) is 23.8 Å². The van der Waals surface area contributed by atoms with E-state index >= 15 is 13.2 Å². The number of piperazine rings is 1. The van der Waals surface area contributed by atoms with Crippen molar-refractivity contribution in [3.05, 3.63) is 75.5 Å². The van der Waals surface area contributed by atoms with Gasteiger partial charge in [-0.1, -0.05) is 6.07 Å². The Kier molecular flexibility index (Phi) is 10.2. The van der Waals surface area contributed by atoms with Gasteiger partial charge in [-0.15, -0.1) is 13.2 Å². The number of pyridine rings is 1. The molecule has 3 saturated heterocycles. The Morgan fingerprint density at radius 2 is 1.68 bits per heavy atom. The zero-order valence-electron chi connectivity index (χ0n) is 29.2. The Bertz CT molecular complexity index is 1990. The van der Waals surface area contributed by atoms with Crippen molar-refractivity contribution in [2.45, 2.75) is 57.5 Å². The zero-order valence-corrected chi connectivity index (χ0v) is 29.2. The number of halogens is 6. The van der Waals surface area contributed by atoms with Gasteiger partial charge in [-0.2, -0.15) is 0 Å². The van der Waals surface area contributed by atoms with Crippen LogP contribution in [0.2, 0.25) is 0 Å². The summed E-state index contributed by atoms with van der Waals surface area (Å²) in [6, 6.07) is 5.93. The Hall–Kier alpha value is -5.06. The van der Waals surface area contributed by atoms with Gasteiger partial charge in [0.25, 0.3) is 17.4 Å². The van der Waals surface area contributed by atoms with Gasteiger partial charge in [-0.05, 0) is 68.1 Å². The summed E-state index contributed by atoms with van der Waals surface area (Å²) in [5, 5.41) is 5.15. The highest BCUT2D eigenvalue weighted by atomic mass is 19.4. The maximum absolute atomic E-state index is 15.8. The summed E-state index contributed by atoms with van der Waals surface area (Å²) in [5.74, 6) is -6.75. The summed E-state index contributed by atoms with van der Waals surface area (Å²) in [7, 11) is 1.50. The van der Waals surface area contributed by atoms with Gasteiger partial charge in [-0.25, -0.2) is 13.2 Å². The van der Waals surface area contributed by atoms with Crippen molar-refractivity contribution in [1.29, 1.82) is 0 Å². The molecular formula is C36H38F6N6O5. The average molecular weight is 749 g/mol. The molecule has 0 bridgehead atoms. The Morgan fingerprint density at radius 1 is 0.962 bits per heavy atom. The molecule has 17 heteroatoms. The van der Waals surface area contributed by atoms with E-state index < -0.39 is 59.9 Å². The fourth-order valence-corrected chi connectivity index (χ4v) is 7.22. The molecule has 2 N–H and O–H groups in total. The van der Waals surface area contributed by atoms with E-state index in [1.165, 1.54) is 36.0 Å². The van der Waals surface area contributed by atoms with E-state index in [4.69, 9.17) is 0 Å². The van der Waals surface area contributed by atoms with E-state index in [-0.39, 0.29) is 74.7 Å². The number of nitrogens with zero attached hydrogens (tertiary/aromatic N) is 4. The van der Waals surface area contributed by atoms with E-state index in [0.717, 1.165) is 17.0 Å². The molecule has 0 radical (unpaired) electrons. The lowest BCUT2D eigenvalue weighted by Crippen LogP contribution is -2.62. The first-order chi connectivity index (χ1) is 24.9. The smallest absolute Gasteiger partial charge is 0.405 e. The molecule has 0 spiro atoms. The van der Waals surface area contributed by atoms with E-state index in [2.05, 4.69) is 15.4 Å². The second-order valence-electron chi connectivity index (χ2n) is 13.6. The number of benzene rings is 2. The van der Waals surface area contributed by atoms with Crippen LogP contribution in [0.5, 0.6) is 5.75 Å². The van der Waals surface area contributed by atoms with Crippen molar-refractivity contribution >= 4 is 29.1 Å². The number of carbonyl (C=O) groups is 3. The van der Waals surface area contributed by atoms with Gasteiger partial charge < -0.3 is 24.4 Å². The molecule has 3 fully saturated rings.